The Morgan fingerprint density at radius 2 is 1.09 bits per heavy atom. The molecule has 0 aromatic rings. The van der Waals surface area contributed by atoms with Gasteiger partial charge in [-0.3, -0.25) is 18.6 Å². The van der Waals surface area contributed by atoms with Crippen LogP contribution >= 0.6 is 7.82 Å². The molecule has 0 fully saturated rings. The molecular weight excluding hydrogens is 617 g/mol. The van der Waals surface area contributed by atoms with Gasteiger partial charge in [0.15, 0.2) is 0 Å². The number of hydrogen-bond acceptors (Lipinski definition) is 7. The van der Waals surface area contributed by atoms with Crippen molar-refractivity contribution in [3.63, 3.8) is 0 Å². The minimum atomic E-state index is -4.40. The van der Waals surface area contributed by atoms with E-state index in [4.69, 9.17) is 13.8 Å². The zero-order valence-corrected chi connectivity index (χ0v) is 31.1. The van der Waals surface area contributed by atoms with E-state index in [-0.39, 0.29) is 32.1 Å². The summed E-state index contributed by atoms with van der Waals surface area (Å²) in [6.45, 7) is 3.53. The van der Waals surface area contributed by atoms with Crippen LogP contribution in [-0.2, 0) is 27.9 Å². The van der Waals surface area contributed by atoms with Crippen molar-refractivity contribution in [2.75, 3.05) is 26.4 Å². The van der Waals surface area contributed by atoms with E-state index in [1.807, 2.05) is 0 Å². The van der Waals surface area contributed by atoms with Crippen molar-refractivity contribution in [3.8, 4) is 0 Å². The molecule has 3 N–H and O–H groups in total. The number of rotatable bonds is 36. The van der Waals surface area contributed by atoms with Crippen molar-refractivity contribution in [2.24, 2.45) is 0 Å². The van der Waals surface area contributed by atoms with E-state index in [1.165, 1.54) is 96.3 Å². The highest BCUT2D eigenvalue weighted by Crippen LogP contribution is 2.42. The van der Waals surface area contributed by atoms with Crippen LogP contribution in [0.3, 0.4) is 0 Å². The maximum absolute atomic E-state index is 12.0. The Balaban J connectivity index is 3.62. The lowest BCUT2D eigenvalue weighted by Gasteiger charge is -2.15. The van der Waals surface area contributed by atoms with E-state index in [1.54, 1.807) is 0 Å². The lowest BCUT2D eigenvalue weighted by atomic mass is 10.0. The van der Waals surface area contributed by atoms with Crippen LogP contribution in [0.25, 0.3) is 0 Å². The number of nitrogens with one attached hydrogen (secondary N) is 1. The molecule has 0 radical (unpaired) electrons. The normalized spacial score (nSPS) is 13.5. The van der Waals surface area contributed by atoms with Crippen molar-refractivity contribution in [2.45, 2.75) is 187 Å². The standard InChI is InChI=1S/C37H72NO8P/c1-3-5-7-9-11-13-15-17-18-20-22-24-26-28-30-37(41)44-33-35(39)34-46-47(42,43)45-32-31-38-36(40)29-27-25-23-21-19-16-14-12-10-8-6-4-2/h15,17,35,39H,3-14,16,18-34H2,1-2H3,(H,38,40)(H,42,43)/b17-15-. The minimum Gasteiger partial charge on any atom is -0.463 e. The van der Waals surface area contributed by atoms with Crippen molar-refractivity contribution >= 4 is 19.7 Å². The molecule has 2 atom stereocenters. The van der Waals surface area contributed by atoms with E-state index in [0.29, 0.717) is 6.42 Å². The average Bonchev–Trinajstić information content (AvgIpc) is 3.05. The van der Waals surface area contributed by atoms with Crippen molar-refractivity contribution in [3.05, 3.63) is 12.2 Å². The van der Waals surface area contributed by atoms with Gasteiger partial charge in [0, 0.05) is 19.4 Å². The quantitative estimate of drug-likeness (QED) is 0.0256. The zero-order valence-electron chi connectivity index (χ0n) is 30.2. The Morgan fingerprint density at radius 1 is 0.638 bits per heavy atom. The second-order valence-corrected chi connectivity index (χ2v) is 14.4. The summed E-state index contributed by atoms with van der Waals surface area (Å²) in [6, 6.07) is 0. The largest absolute Gasteiger partial charge is 0.472 e. The van der Waals surface area contributed by atoms with Crippen LogP contribution < -0.4 is 5.32 Å². The molecule has 0 rings (SSSR count). The molecule has 0 aromatic heterocycles. The van der Waals surface area contributed by atoms with E-state index in [9.17, 15) is 24.2 Å². The molecule has 0 aliphatic carbocycles. The van der Waals surface area contributed by atoms with Gasteiger partial charge < -0.3 is 20.1 Å². The Kier molecular flexibility index (Phi) is 33.7. The molecule has 10 heteroatoms. The predicted molar refractivity (Wildman–Crippen MR) is 192 cm³/mol. The Morgan fingerprint density at radius 3 is 1.60 bits per heavy atom. The second kappa shape index (κ2) is 34.6. The first-order chi connectivity index (χ1) is 22.8. The number of carbonyl (C=O) groups is 2. The molecule has 0 aliphatic heterocycles. The predicted octanol–water partition coefficient (Wildman–Crippen LogP) is 9.88. The van der Waals surface area contributed by atoms with E-state index in [0.717, 1.165) is 57.8 Å². The highest BCUT2D eigenvalue weighted by Gasteiger charge is 2.23. The third kappa shape index (κ3) is 35.9. The summed E-state index contributed by atoms with van der Waals surface area (Å²) in [5.41, 5.74) is 0. The van der Waals surface area contributed by atoms with Gasteiger partial charge in [0.1, 0.15) is 12.7 Å². The van der Waals surface area contributed by atoms with Gasteiger partial charge in [-0.2, -0.15) is 0 Å². The van der Waals surface area contributed by atoms with Crippen LogP contribution in [0.2, 0.25) is 0 Å². The molecule has 0 aromatic carbocycles. The van der Waals surface area contributed by atoms with Gasteiger partial charge in [-0.25, -0.2) is 4.57 Å². The molecule has 0 aliphatic rings. The zero-order chi connectivity index (χ0) is 34.7. The maximum Gasteiger partial charge on any atom is 0.472 e. The van der Waals surface area contributed by atoms with Crippen LogP contribution in [0.4, 0.5) is 0 Å². The molecule has 0 heterocycles. The highest BCUT2D eigenvalue weighted by molar-refractivity contribution is 7.47. The molecule has 278 valence electrons. The number of aliphatic hydroxyl groups excluding tert-OH is 1. The molecule has 2 unspecified atom stereocenters. The van der Waals surface area contributed by atoms with Crippen molar-refractivity contribution in [1.82, 2.24) is 5.32 Å². The summed E-state index contributed by atoms with van der Waals surface area (Å²) in [5.74, 6) is -0.522. The van der Waals surface area contributed by atoms with Gasteiger partial charge in [0.2, 0.25) is 5.91 Å². The van der Waals surface area contributed by atoms with Gasteiger partial charge in [0.25, 0.3) is 0 Å². The van der Waals surface area contributed by atoms with Crippen LogP contribution in [0, 0.1) is 0 Å². The number of esters is 1. The lowest BCUT2D eigenvalue weighted by Crippen LogP contribution is -2.27. The third-order valence-corrected chi connectivity index (χ3v) is 9.18. The number of unbranched alkanes of at least 4 members (excludes halogenated alkanes) is 21. The highest BCUT2D eigenvalue weighted by atomic mass is 31.2. The van der Waals surface area contributed by atoms with Gasteiger partial charge in [-0.1, -0.05) is 142 Å². The number of allylic oxidation sites excluding steroid dienone is 2. The van der Waals surface area contributed by atoms with Gasteiger partial charge in [-0.05, 0) is 38.5 Å². The van der Waals surface area contributed by atoms with E-state index in [2.05, 4.69) is 31.3 Å². The fourth-order valence-corrected chi connectivity index (χ4v) is 6.01. The summed E-state index contributed by atoms with van der Waals surface area (Å²) >= 11 is 0. The topological polar surface area (TPSA) is 131 Å². The lowest BCUT2D eigenvalue weighted by molar-refractivity contribution is -0.147. The van der Waals surface area contributed by atoms with Gasteiger partial charge in [-0.15, -0.1) is 0 Å². The third-order valence-electron chi connectivity index (χ3n) is 8.20. The maximum atomic E-state index is 12.0. The van der Waals surface area contributed by atoms with Crippen LogP contribution in [0.15, 0.2) is 12.2 Å². The first-order valence-electron chi connectivity index (χ1n) is 19.2. The number of phosphoric acid groups is 1. The molecule has 9 nitrogen and oxygen atoms in total. The summed E-state index contributed by atoms with van der Waals surface area (Å²) in [7, 11) is -4.40. The number of ether oxygens (including phenoxy) is 1. The van der Waals surface area contributed by atoms with Gasteiger partial charge >= 0.3 is 13.8 Å². The Hall–Kier alpha value is -1.25. The number of aliphatic hydroxyl groups is 1. The number of hydrogen-bond donors (Lipinski definition) is 3. The monoisotopic (exact) mass is 689 g/mol. The van der Waals surface area contributed by atoms with Crippen LogP contribution in [0.1, 0.15) is 181 Å². The van der Waals surface area contributed by atoms with Crippen molar-refractivity contribution in [1.29, 1.82) is 0 Å². The molecule has 0 bridgehead atoms. The Bertz CT molecular complexity index is 794. The summed E-state index contributed by atoms with van der Waals surface area (Å²) in [6.07, 6.45) is 32.8. The Labute approximate surface area is 288 Å². The van der Waals surface area contributed by atoms with Crippen LogP contribution in [-0.4, -0.2) is 54.3 Å². The fraction of sp³-hybridized carbons (Fsp3) is 0.892. The summed E-state index contributed by atoms with van der Waals surface area (Å²) in [4.78, 5) is 33.7. The van der Waals surface area contributed by atoms with Gasteiger partial charge in [0.05, 0.1) is 13.2 Å². The molecule has 0 saturated heterocycles. The fourth-order valence-electron chi connectivity index (χ4n) is 5.26. The van der Waals surface area contributed by atoms with E-state index < -0.39 is 26.5 Å². The number of carbonyl (C=O) groups excluding carboxylic acids is 2. The molecular formula is C37H72NO8P. The van der Waals surface area contributed by atoms with E-state index >= 15 is 0 Å². The minimum absolute atomic E-state index is 0.0848. The number of phosphoric ester groups is 1. The number of amides is 1. The molecule has 0 saturated carbocycles. The van der Waals surface area contributed by atoms with Crippen molar-refractivity contribution < 1.29 is 37.9 Å². The first-order valence-corrected chi connectivity index (χ1v) is 20.7. The molecule has 0 spiro atoms. The molecule has 47 heavy (non-hydrogen) atoms. The summed E-state index contributed by atoms with van der Waals surface area (Å²) < 4.78 is 26.7. The molecule has 1 amide bonds. The smallest absolute Gasteiger partial charge is 0.463 e. The van der Waals surface area contributed by atoms with Crippen LogP contribution in [0.5, 0.6) is 0 Å². The average molecular weight is 690 g/mol. The summed E-state index contributed by atoms with van der Waals surface area (Å²) in [5, 5.41) is 12.6. The second-order valence-electron chi connectivity index (χ2n) is 12.9. The first kappa shape index (κ1) is 45.8. The SMILES string of the molecule is CCCCCCC/C=C\CCCCCCCC(=O)OCC(O)COP(=O)(O)OCCNC(=O)CCCCCCCCCCCCCC.